The lowest BCUT2D eigenvalue weighted by Crippen LogP contribution is -2.39. The first-order valence-corrected chi connectivity index (χ1v) is 8.26. The maximum Gasteiger partial charge on any atom is 0.242 e. The van der Waals surface area contributed by atoms with Crippen molar-refractivity contribution in [2.45, 2.75) is 30.2 Å². The van der Waals surface area contributed by atoms with E-state index in [1.54, 1.807) is 0 Å². The number of nitrogens with one attached hydrogen (secondary N) is 1. The Morgan fingerprint density at radius 1 is 1.45 bits per heavy atom. The van der Waals surface area contributed by atoms with E-state index in [1.807, 2.05) is 6.07 Å². The molecule has 1 aromatic carbocycles. The Balaban J connectivity index is 2.25. The molecule has 0 spiro atoms. The van der Waals surface area contributed by atoms with Crippen LogP contribution in [-0.2, 0) is 10.0 Å². The quantitative estimate of drug-likeness (QED) is 0.882. The lowest BCUT2D eigenvalue weighted by Gasteiger charge is -2.19. The molecule has 5 nitrogen and oxygen atoms in total. The first-order valence-electron chi connectivity index (χ1n) is 6.40. The summed E-state index contributed by atoms with van der Waals surface area (Å²) in [6, 6.07) is 5.93. The van der Waals surface area contributed by atoms with Gasteiger partial charge >= 0.3 is 0 Å². The zero-order valence-corrected chi connectivity index (χ0v) is 12.4. The van der Waals surface area contributed by atoms with E-state index in [2.05, 4.69) is 4.72 Å². The van der Waals surface area contributed by atoms with Gasteiger partial charge in [0.25, 0.3) is 0 Å². The van der Waals surface area contributed by atoms with Crippen LogP contribution in [0.25, 0.3) is 0 Å². The summed E-state index contributed by atoms with van der Waals surface area (Å²) >= 11 is 5.95. The number of benzene rings is 1. The van der Waals surface area contributed by atoms with E-state index in [1.165, 1.54) is 18.2 Å². The van der Waals surface area contributed by atoms with Crippen LogP contribution < -0.4 is 10.5 Å². The molecule has 2 rings (SSSR count). The summed E-state index contributed by atoms with van der Waals surface area (Å²) in [5.41, 5.74) is 5.98. The number of rotatable bonds is 4. The highest BCUT2D eigenvalue weighted by Gasteiger charge is 2.31. The van der Waals surface area contributed by atoms with Crippen LogP contribution in [-0.4, -0.2) is 21.0 Å². The molecule has 2 unspecified atom stereocenters. The highest BCUT2D eigenvalue weighted by Crippen LogP contribution is 2.28. The van der Waals surface area contributed by atoms with Crippen molar-refractivity contribution in [1.29, 1.82) is 5.26 Å². The first-order chi connectivity index (χ1) is 9.47. The van der Waals surface area contributed by atoms with E-state index in [9.17, 15) is 8.42 Å². The summed E-state index contributed by atoms with van der Waals surface area (Å²) in [6.07, 6.45) is 2.69. The summed E-state index contributed by atoms with van der Waals surface area (Å²) in [6.45, 7) is 0.467. The molecule has 1 aliphatic carbocycles. The van der Waals surface area contributed by atoms with Gasteiger partial charge in [0.05, 0.1) is 16.7 Å². The summed E-state index contributed by atoms with van der Waals surface area (Å²) in [5, 5.41) is 8.82. The Bertz CT molecular complexity index is 640. The second-order valence-corrected chi connectivity index (χ2v) is 7.00. The van der Waals surface area contributed by atoms with Crippen LogP contribution in [0.15, 0.2) is 23.1 Å². The SMILES string of the molecule is N#Cc1ccc(S(=O)(=O)NC2CCCC2CN)c(Cl)c1. The average Bonchev–Trinajstić information content (AvgIpc) is 2.84. The maximum atomic E-state index is 12.4. The van der Waals surface area contributed by atoms with Crippen molar-refractivity contribution in [3.63, 3.8) is 0 Å². The van der Waals surface area contributed by atoms with Gasteiger partial charge in [0.15, 0.2) is 0 Å². The van der Waals surface area contributed by atoms with Gasteiger partial charge in [0, 0.05) is 6.04 Å². The fourth-order valence-corrected chi connectivity index (χ4v) is 4.41. The molecular weight excluding hydrogens is 298 g/mol. The molecule has 20 heavy (non-hydrogen) atoms. The fourth-order valence-electron chi connectivity index (χ4n) is 2.53. The third-order valence-corrected chi connectivity index (χ3v) is 5.59. The van der Waals surface area contributed by atoms with E-state index in [0.29, 0.717) is 12.1 Å². The molecule has 1 aliphatic rings. The minimum atomic E-state index is -3.69. The largest absolute Gasteiger partial charge is 0.330 e. The number of hydrogen-bond donors (Lipinski definition) is 2. The van der Waals surface area contributed by atoms with Crippen LogP contribution >= 0.6 is 11.6 Å². The normalized spacial score (nSPS) is 22.6. The number of nitrogens with zero attached hydrogens (tertiary/aromatic N) is 1. The third-order valence-electron chi connectivity index (χ3n) is 3.62. The minimum Gasteiger partial charge on any atom is -0.330 e. The van der Waals surface area contributed by atoms with Gasteiger partial charge in [-0.25, -0.2) is 13.1 Å². The Hall–Kier alpha value is -1.13. The van der Waals surface area contributed by atoms with E-state index in [4.69, 9.17) is 22.6 Å². The number of nitriles is 1. The Labute approximate surface area is 123 Å². The second kappa shape index (κ2) is 6.10. The van der Waals surface area contributed by atoms with E-state index >= 15 is 0 Å². The predicted octanol–water partition coefficient (Wildman–Crippen LogP) is 1.62. The Morgan fingerprint density at radius 3 is 2.80 bits per heavy atom. The maximum absolute atomic E-state index is 12.4. The second-order valence-electron chi connectivity index (χ2n) is 4.91. The van der Waals surface area contributed by atoms with Crippen LogP contribution in [0.4, 0.5) is 0 Å². The molecule has 0 aliphatic heterocycles. The molecule has 2 atom stereocenters. The van der Waals surface area contributed by atoms with Crippen LogP contribution in [0, 0.1) is 17.2 Å². The smallest absolute Gasteiger partial charge is 0.242 e. The van der Waals surface area contributed by atoms with E-state index in [0.717, 1.165) is 19.3 Å². The van der Waals surface area contributed by atoms with Gasteiger partial charge < -0.3 is 5.73 Å². The monoisotopic (exact) mass is 313 g/mol. The van der Waals surface area contributed by atoms with Crippen molar-refractivity contribution in [2.75, 3.05) is 6.54 Å². The fraction of sp³-hybridized carbons (Fsp3) is 0.462. The first kappa shape index (κ1) is 15.3. The zero-order valence-electron chi connectivity index (χ0n) is 10.8. The van der Waals surface area contributed by atoms with Crippen molar-refractivity contribution in [3.05, 3.63) is 28.8 Å². The molecule has 1 fully saturated rings. The van der Waals surface area contributed by atoms with Gasteiger partial charge in [0.2, 0.25) is 10.0 Å². The Kier molecular flexibility index (Phi) is 4.66. The number of halogens is 1. The van der Waals surface area contributed by atoms with Gasteiger partial charge in [-0.15, -0.1) is 0 Å². The van der Waals surface area contributed by atoms with Gasteiger partial charge in [-0.1, -0.05) is 18.0 Å². The molecule has 1 saturated carbocycles. The lowest BCUT2D eigenvalue weighted by atomic mass is 10.1. The minimum absolute atomic E-state index is 0.000776. The van der Waals surface area contributed by atoms with Crippen LogP contribution in [0.5, 0.6) is 0 Å². The van der Waals surface area contributed by atoms with Crippen molar-refractivity contribution < 1.29 is 8.42 Å². The molecule has 108 valence electrons. The summed E-state index contributed by atoms with van der Waals surface area (Å²) < 4.78 is 27.4. The number of nitrogens with two attached hydrogens (primary N) is 1. The number of hydrogen-bond acceptors (Lipinski definition) is 4. The molecule has 3 N–H and O–H groups in total. The van der Waals surface area contributed by atoms with Gasteiger partial charge in [-0.2, -0.15) is 5.26 Å². The van der Waals surface area contributed by atoms with E-state index < -0.39 is 10.0 Å². The van der Waals surface area contributed by atoms with Crippen molar-refractivity contribution in [2.24, 2.45) is 11.7 Å². The molecule has 0 heterocycles. The molecule has 0 saturated heterocycles. The average molecular weight is 314 g/mol. The van der Waals surface area contributed by atoms with Gasteiger partial charge in [-0.3, -0.25) is 0 Å². The van der Waals surface area contributed by atoms with Crippen molar-refractivity contribution in [3.8, 4) is 6.07 Å². The Morgan fingerprint density at radius 2 is 2.20 bits per heavy atom. The summed E-state index contributed by atoms with van der Waals surface area (Å²) in [7, 11) is -3.69. The summed E-state index contributed by atoms with van der Waals surface area (Å²) in [4.78, 5) is 0.000776. The molecule has 0 bridgehead atoms. The van der Waals surface area contributed by atoms with Crippen LogP contribution in [0.1, 0.15) is 24.8 Å². The molecular formula is C13H16ClN3O2S. The molecule has 1 aromatic rings. The van der Waals surface area contributed by atoms with Crippen LogP contribution in [0.3, 0.4) is 0 Å². The van der Waals surface area contributed by atoms with Crippen molar-refractivity contribution >= 4 is 21.6 Å². The highest BCUT2D eigenvalue weighted by molar-refractivity contribution is 7.89. The number of sulfonamides is 1. The van der Waals surface area contributed by atoms with Gasteiger partial charge in [0.1, 0.15) is 4.90 Å². The molecule has 0 radical (unpaired) electrons. The predicted molar refractivity (Wildman–Crippen MR) is 76.7 cm³/mol. The molecule has 0 amide bonds. The van der Waals surface area contributed by atoms with Gasteiger partial charge in [-0.05, 0) is 43.5 Å². The van der Waals surface area contributed by atoms with E-state index in [-0.39, 0.29) is 21.9 Å². The molecule has 7 heteroatoms. The topological polar surface area (TPSA) is 96.0 Å². The zero-order chi connectivity index (χ0) is 14.8. The lowest BCUT2D eigenvalue weighted by molar-refractivity contribution is 0.453. The van der Waals surface area contributed by atoms with Crippen LogP contribution in [0.2, 0.25) is 5.02 Å². The van der Waals surface area contributed by atoms with Crippen molar-refractivity contribution in [1.82, 2.24) is 4.72 Å². The summed E-state index contributed by atoms with van der Waals surface area (Å²) in [5.74, 6) is 0.168. The molecule has 0 aromatic heterocycles. The third kappa shape index (κ3) is 3.13. The standard InChI is InChI=1S/C13H16ClN3O2S/c14-11-6-9(7-15)4-5-13(11)20(18,19)17-12-3-1-2-10(12)8-16/h4-6,10,12,17H,1-3,8,16H2. The highest BCUT2D eigenvalue weighted by atomic mass is 35.5.